The van der Waals surface area contributed by atoms with Crippen molar-refractivity contribution in [3.05, 3.63) is 41.0 Å². The predicted molar refractivity (Wildman–Crippen MR) is 75.0 cm³/mol. The van der Waals surface area contributed by atoms with Crippen LogP contribution in [-0.2, 0) is 25.6 Å². The molecule has 1 aromatic rings. The van der Waals surface area contributed by atoms with Crippen LogP contribution in [0.3, 0.4) is 0 Å². The van der Waals surface area contributed by atoms with Crippen LogP contribution in [0.1, 0.15) is 25.0 Å². The highest BCUT2D eigenvalue weighted by Crippen LogP contribution is 2.13. The molecule has 0 N–H and O–H groups in total. The number of Topliss-reactive ketones (excluding diaryl/α,β-unsaturated/α-hetero) is 1. The zero-order chi connectivity index (χ0) is 14.3. The molecule has 5 heteroatoms. The summed E-state index contributed by atoms with van der Waals surface area (Å²) >= 11 is 0.318. The van der Waals surface area contributed by atoms with Crippen molar-refractivity contribution >= 4 is 34.5 Å². The van der Waals surface area contributed by atoms with E-state index < -0.39 is 5.97 Å². The van der Waals surface area contributed by atoms with E-state index in [9.17, 15) is 13.8 Å². The van der Waals surface area contributed by atoms with Gasteiger partial charge in [0.1, 0.15) is 5.57 Å². The molecule has 0 aliphatic rings. The van der Waals surface area contributed by atoms with Gasteiger partial charge in [0.15, 0.2) is 5.78 Å². The number of ether oxygens (including phenoxy) is 1. The second-order valence-corrected chi connectivity index (χ2v) is 4.11. The van der Waals surface area contributed by atoms with Crippen molar-refractivity contribution < 1.29 is 18.5 Å². The van der Waals surface area contributed by atoms with Crippen molar-refractivity contribution in [2.75, 3.05) is 6.61 Å². The van der Waals surface area contributed by atoms with E-state index >= 15 is 0 Å². The van der Waals surface area contributed by atoms with Crippen LogP contribution in [0.15, 0.2) is 29.8 Å². The van der Waals surface area contributed by atoms with Gasteiger partial charge in [-0.05, 0) is 31.1 Å². The van der Waals surface area contributed by atoms with Gasteiger partial charge in [0.25, 0.3) is 0 Å². The molecule has 0 amide bonds. The van der Waals surface area contributed by atoms with Crippen LogP contribution in [0, 0.1) is 0 Å². The van der Waals surface area contributed by atoms with E-state index in [1.807, 2.05) is 0 Å². The molecule has 0 aromatic heterocycles. The normalized spacial score (nSPS) is 10.7. The van der Waals surface area contributed by atoms with Gasteiger partial charge in [-0.25, -0.2) is 9.00 Å². The van der Waals surface area contributed by atoms with Gasteiger partial charge in [-0.15, -0.1) is 0 Å². The molecule has 0 saturated carbocycles. The number of hydrogen-bond donors (Lipinski definition) is 0. The maximum Gasteiger partial charge on any atom is 0.341 e. The molecular weight excluding hydrogens is 264 g/mol. The van der Waals surface area contributed by atoms with Gasteiger partial charge < -0.3 is 4.74 Å². The zero-order valence-electron chi connectivity index (χ0n) is 10.7. The SMILES string of the molecule is CCOC(=O)C(=Cc1ccccc1C=S=O)C(C)=O. The largest absolute Gasteiger partial charge is 0.462 e. The maximum absolute atomic E-state index is 11.7. The zero-order valence-corrected chi connectivity index (χ0v) is 11.5. The van der Waals surface area contributed by atoms with Crippen LogP contribution in [0.4, 0.5) is 0 Å². The van der Waals surface area contributed by atoms with Crippen LogP contribution in [0.2, 0.25) is 0 Å². The van der Waals surface area contributed by atoms with E-state index in [4.69, 9.17) is 4.74 Å². The molecule has 0 spiro atoms. The van der Waals surface area contributed by atoms with Crippen molar-refractivity contribution in [3.63, 3.8) is 0 Å². The minimum Gasteiger partial charge on any atom is -0.462 e. The Balaban J connectivity index is 3.26. The fraction of sp³-hybridized carbons (Fsp3) is 0.214. The third-order valence-corrected chi connectivity index (χ3v) is 2.70. The molecule has 0 atom stereocenters. The Hall–Kier alpha value is -2.01. The predicted octanol–water partition coefficient (Wildman–Crippen LogP) is 1.59. The van der Waals surface area contributed by atoms with E-state index in [1.165, 1.54) is 18.4 Å². The Kier molecular flexibility index (Phi) is 5.89. The number of carbonyl (C=O) groups is 2. The van der Waals surface area contributed by atoms with Crippen molar-refractivity contribution in [2.45, 2.75) is 13.8 Å². The number of esters is 1. The average molecular weight is 278 g/mol. The van der Waals surface area contributed by atoms with Gasteiger partial charge in [-0.3, -0.25) is 4.79 Å². The number of ketones is 1. The summed E-state index contributed by atoms with van der Waals surface area (Å²) in [5.41, 5.74) is 1.26. The van der Waals surface area contributed by atoms with Crippen LogP contribution >= 0.6 is 0 Å². The first-order chi connectivity index (χ1) is 9.10. The average Bonchev–Trinajstić information content (AvgIpc) is 2.37. The second-order valence-electron chi connectivity index (χ2n) is 3.68. The first kappa shape index (κ1) is 15.0. The fourth-order valence-corrected chi connectivity index (χ4v) is 1.79. The third-order valence-electron chi connectivity index (χ3n) is 2.35. The molecular formula is C14H14O4S. The Morgan fingerprint density at radius 2 is 1.89 bits per heavy atom. The summed E-state index contributed by atoms with van der Waals surface area (Å²) in [5.74, 6) is -1.03. The number of hydrogen-bond acceptors (Lipinski definition) is 4. The fourth-order valence-electron chi connectivity index (χ4n) is 1.47. The number of rotatable bonds is 5. The molecule has 0 aliphatic heterocycles. The molecule has 0 saturated heterocycles. The van der Waals surface area contributed by atoms with E-state index in [0.717, 1.165) is 0 Å². The molecule has 1 aromatic carbocycles. The van der Waals surface area contributed by atoms with Crippen LogP contribution in [0.25, 0.3) is 6.08 Å². The van der Waals surface area contributed by atoms with E-state index in [2.05, 4.69) is 0 Å². The number of carbonyl (C=O) groups excluding carboxylic acids is 2. The highest BCUT2D eigenvalue weighted by atomic mass is 32.1. The summed E-state index contributed by atoms with van der Waals surface area (Å²) in [5, 5.41) is 1.41. The Morgan fingerprint density at radius 3 is 2.42 bits per heavy atom. The Labute approximate surface area is 115 Å². The third kappa shape index (κ3) is 4.30. The topological polar surface area (TPSA) is 60.4 Å². The monoisotopic (exact) mass is 278 g/mol. The molecule has 0 radical (unpaired) electrons. The van der Waals surface area contributed by atoms with Crippen LogP contribution in [-0.4, -0.2) is 27.9 Å². The molecule has 0 fully saturated rings. The van der Waals surface area contributed by atoms with E-state index in [0.29, 0.717) is 22.4 Å². The summed E-state index contributed by atoms with van der Waals surface area (Å²) in [6, 6.07) is 7.00. The highest BCUT2D eigenvalue weighted by Gasteiger charge is 2.15. The molecule has 0 bridgehead atoms. The number of benzene rings is 1. The van der Waals surface area contributed by atoms with Gasteiger partial charge in [-0.2, -0.15) is 0 Å². The maximum atomic E-state index is 11.7. The summed E-state index contributed by atoms with van der Waals surface area (Å²) in [6.07, 6.45) is 1.45. The van der Waals surface area contributed by atoms with Crippen LogP contribution in [0.5, 0.6) is 0 Å². The molecule has 100 valence electrons. The summed E-state index contributed by atoms with van der Waals surface area (Å²) in [4.78, 5) is 23.2. The van der Waals surface area contributed by atoms with Gasteiger partial charge in [0.2, 0.25) is 0 Å². The lowest BCUT2D eigenvalue weighted by Gasteiger charge is -2.05. The molecule has 0 heterocycles. The van der Waals surface area contributed by atoms with Crippen molar-refractivity contribution in [2.24, 2.45) is 0 Å². The Bertz CT molecular complexity index is 569. The lowest BCUT2D eigenvalue weighted by atomic mass is 10.0. The van der Waals surface area contributed by atoms with Crippen molar-refractivity contribution in [1.29, 1.82) is 0 Å². The highest BCUT2D eigenvalue weighted by molar-refractivity contribution is 7.65. The molecule has 0 unspecified atom stereocenters. The van der Waals surface area contributed by atoms with E-state index in [-0.39, 0.29) is 18.0 Å². The molecule has 0 aliphatic carbocycles. The minimum absolute atomic E-state index is 0.0291. The molecule has 1 rings (SSSR count). The second kappa shape index (κ2) is 7.43. The lowest BCUT2D eigenvalue weighted by Crippen LogP contribution is -2.13. The molecule has 4 nitrogen and oxygen atoms in total. The minimum atomic E-state index is -0.653. The van der Waals surface area contributed by atoms with Gasteiger partial charge in [0, 0.05) is 5.37 Å². The van der Waals surface area contributed by atoms with Gasteiger partial charge >= 0.3 is 5.97 Å². The summed E-state index contributed by atoms with van der Waals surface area (Å²) < 4.78 is 15.4. The first-order valence-electron chi connectivity index (χ1n) is 5.70. The van der Waals surface area contributed by atoms with E-state index in [1.54, 1.807) is 31.2 Å². The van der Waals surface area contributed by atoms with Gasteiger partial charge in [0.05, 0.1) is 17.9 Å². The molecule has 19 heavy (non-hydrogen) atoms. The quantitative estimate of drug-likeness (QED) is 0.270. The summed E-state index contributed by atoms with van der Waals surface area (Å²) in [7, 11) is 0. The van der Waals surface area contributed by atoms with Gasteiger partial charge in [-0.1, -0.05) is 24.3 Å². The lowest BCUT2D eigenvalue weighted by molar-refractivity contribution is -0.139. The smallest absolute Gasteiger partial charge is 0.341 e. The first-order valence-corrected chi connectivity index (χ1v) is 6.51. The van der Waals surface area contributed by atoms with Crippen molar-refractivity contribution in [1.82, 2.24) is 0 Å². The standard InChI is InChI=1S/C14H14O4S/c1-3-18-14(16)13(10(2)15)8-11-6-4-5-7-12(11)9-19-17/h4-9H,3H2,1-2H3. The Morgan fingerprint density at radius 1 is 1.26 bits per heavy atom. The summed E-state index contributed by atoms with van der Waals surface area (Å²) in [6.45, 7) is 3.18. The van der Waals surface area contributed by atoms with Crippen molar-refractivity contribution in [3.8, 4) is 0 Å². The van der Waals surface area contributed by atoms with Crippen LogP contribution < -0.4 is 0 Å².